The Kier molecular flexibility index (Phi) is 3.61. The van der Waals surface area contributed by atoms with Crippen molar-refractivity contribution in [1.29, 1.82) is 0 Å². The Morgan fingerprint density at radius 2 is 2.00 bits per heavy atom. The number of rotatable bonds is 2. The van der Waals surface area contributed by atoms with Gasteiger partial charge in [-0.2, -0.15) is 4.99 Å². The van der Waals surface area contributed by atoms with Crippen LogP contribution >= 0.6 is 12.2 Å². The summed E-state index contributed by atoms with van der Waals surface area (Å²) in [6, 6.07) is 5.94. The maximum atomic E-state index is 5.19. The van der Waals surface area contributed by atoms with E-state index in [0.717, 1.165) is 11.4 Å². The van der Waals surface area contributed by atoms with Gasteiger partial charge in [0.1, 0.15) is 11.4 Å². The van der Waals surface area contributed by atoms with Crippen LogP contribution in [-0.4, -0.2) is 12.3 Å². The van der Waals surface area contributed by atoms with Crippen molar-refractivity contribution in [3.05, 3.63) is 23.8 Å². The van der Waals surface area contributed by atoms with Crippen LogP contribution in [0.25, 0.3) is 0 Å². The zero-order valence-electron chi connectivity index (χ0n) is 9.50. The van der Waals surface area contributed by atoms with Gasteiger partial charge in [-0.05, 0) is 35.3 Å². The lowest BCUT2D eigenvalue weighted by Gasteiger charge is -2.19. The molecule has 1 rings (SSSR count). The van der Waals surface area contributed by atoms with Crippen LogP contribution in [0.1, 0.15) is 26.3 Å². The van der Waals surface area contributed by atoms with E-state index in [1.54, 1.807) is 7.11 Å². The molecule has 3 heteroatoms. The summed E-state index contributed by atoms with van der Waals surface area (Å²) in [5.74, 6) is 0.723. The number of aliphatic imine (C=N–C) groups is 1. The van der Waals surface area contributed by atoms with Gasteiger partial charge in [-0.3, -0.25) is 0 Å². The first-order chi connectivity index (χ1) is 6.99. The SMILES string of the molecule is COc1ccc(C(C)(C)C)cc1N=C=S. The lowest BCUT2D eigenvalue weighted by molar-refractivity contribution is 0.415. The van der Waals surface area contributed by atoms with Gasteiger partial charge in [0.15, 0.2) is 0 Å². The highest BCUT2D eigenvalue weighted by molar-refractivity contribution is 7.78. The number of hydrogen-bond donors (Lipinski definition) is 0. The minimum atomic E-state index is 0.0952. The highest BCUT2D eigenvalue weighted by atomic mass is 32.1. The third-order valence-electron chi connectivity index (χ3n) is 2.21. The van der Waals surface area contributed by atoms with Crippen LogP contribution < -0.4 is 4.74 Å². The fourth-order valence-electron chi connectivity index (χ4n) is 1.29. The first-order valence-electron chi connectivity index (χ1n) is 4.75. The largest absolute Gasteiger partial charge is 0.494 e. The predicted octanol–water partition coefficient (Wildman–Crippen LogP) is 3.73. The smallest absolute Gasteiger partial charge is 0.145 e. The molecule has 0 unspecified atom stereocenters. The summed E-state index contributed by atoms with van der Waals surface area (Å²) < 4.78 is 5.19. The highest BCUT2D eigenvalue weighted by Crippen LogP contribution is 2.32. The maximum absolute atomic E-state index is 5.19. The summed E-state index contributed by atoms with van der Waals surface area (Å²) in [5.41, 5.74) is 2.03. The lowest BCUT2D eigenvalue weighted by Crippen LogP contribution is -2.10. The van der Waals surface area contributed by atoms with Gasteiger partial charge >= 0.3 is 0 Å². The molecule has 0 bridgehead atoms. The van der Waals surface area contributed by atoms with Gasteiger partial charge in [-0.1, -0.05) is 26.8 Å². The number of isothiocyanates is 1. The molecule has 0 radical (unpaired) electrons. The maximum Gasteiger partial charge on any atom is 0.145 e. The highest BCUT2D eigenvalue weighted by Gasteiger charge is 2.15. The second kappa shape index (κ2) is 4.56. The van der Waals surface area contributed by atoms with E-state index in [2.05, 4.69) is 43.1 Å². The Hall–Kier alpha value is -1.18. The van der Waals surface area contributed by atoms with Crippen molar-refractivity contribution < 1.29 is 4.74 Å². The van der Waals surface area contributed by atoms with Crippen molar-refractivity contribution >= 4 is 23.1 Å². The zero-order chi connectivity index (χ0) is 11.5. The monoisotopic (exact) mass is 221 g/mol. The van der Waals surface area contributed by atoms with Gasteiger partial charge in [0, 0.05) is 0 Å². The Morgan fingerprint density at radius 3 is 2.47 bits per heavy atom. The van der Waals surface area contributed by atoms with E-state index in [9.17, 15) is 0 Å². The molecule has 15 heavy (non-hydrogen) atoms. The number of benzene rings is 1. The normalized spacial score (nSPS) is 10.7. The van der Waals surface area contributed by atoms with E-state index in [4.69, 9.17) is 4.74 Å². The predicted molar refractivity (Wildman–Crippen MR) is 66.4 cm³/mol. The molecule has 1 aromatic carbocycles. The minimum absolute atomic E-state index is 0.0952. The second-order valence-corrected chi connectivity index (χ2v) is 4.52. The van der Waals surface area contributed by atoms with Gasteiger partial charge < -0.3 is 4.74 Å². The molecule has 0 aliphatic heterocycles. The Morgan fingerprint density at radius 1 is 1.33 bits per heavy atom. The molecular weight excluding hydrogens is 206 g/mol. The van der Waals surface area contributed by atoms with Gasteiger partial charge in [-0.25, -0.2) is 0 Å². The molecular formula is C12H15NOS. The second-order valence-electron chi connectivity index (χ2n) is 4.34. The molecule has 0 aliphatic carbocycles. The fraction of sp³-hybridized carbons (Fsp3) is 0.417. The van der Waals surface area contributed by atoms with Crippen molar-refractivity contribution in [3.8, 4) is 5.75 Å². The van der Waals surface area contributed by atoms with Crippen LogP contribution in [0.15, 0.2) is 23.2 Å². The average molecular weight is 221 g/mol. The fourth-order valence-corrected chi connectivity index (χ4v) is 1.39. The molecule has 2 nitrogen and oxygen atoms in total. The van der Waals surface area contributed by atoms with Crippen molar-refractivity contribution in [2.75, 3.05) is 7.11 Å². The van der Waals surface area contributed by atoms with Gasteiger partial charge in [-0.15, -0.1) is 0 Å². The van der Waals surface area contributed by atoms with E-state index in [0.29, 0.717) is 0 Å². The van der Waals surface area contributed by atoms with Crippen LogP contribution in [0, 0.1) is 0 Å². The Bertz CT molecular complexity index is 401. The zero-order valence-corrected chi connectivity index (χ0v) is 10.3. The molecule has 0 spiro atoms. The minimum Gasteiger partial charge on any atom is -0.494 e. The molecule has 1 aromatic rings. The molecule has 0 saturated heterocycles. The van der Waals surface area contributed by atoms with Crippen LogP contribution in [0.4, 0.5) is 5.69 Å². The van der Waals surface area contributed by atoms with Crippen molar-refractivity contribution in [2.45, 2.75) is 26.2 Å². The van der Waals surface area contributed by atoms with Crippen molar-refractivity contribution in [3.63, 3.8) is 0 Å². The van der Waals surface area contributed by atoms with Crippen molar-refractivity contribution in [2.24, 2.45) is 4.99 Å². The van der Waals surface area contributed by atoms with E-state index < -0.39 is 0 Å². The number of hydrogen-bond acceptors (Lipinski definition) is 3. The summed E-state index contributed by atoms with van der Waals surface area (Å²) >= 11 is 4.61. The molecule has 0 heterocycles. The number of thiocarbonyl (C=S) groups is 1. The molecule has 80 valence electrons. The summed E-state index contributed by atoms with van der Waals surface area (Å²) in [4.78, 5) is 3.99. The van der Waals surface area contributed by atoms with E-state index >= 15 is 0 Å². The molecule has 0 atom stereocenters. The molecule has 0 amide bonds. The topological polar surface area (TPSA) is 21.6 Å². The third kappa shape index (κ3) is 2.88. The van der Waals surface area contributed by atoms with Crippen LogP contribution in [0.5, 0.6) is 5.75 Å². The summed E-state index contributed by atoms with van der Waals surface area (Å²) in [6.07, 6.45) is 0. The molecule has 0 aromatic heterocycles. The Balaban J connectivity index is 3.28. The van der Waals surface area contributed by atoms with Gasteiger partial charge in [0.2, 0.25) is 0 Å². The number of ether oxygens (including phenoxy) is 1. The Labute approximate surface area is 96.0 Å². The summed E-state index contributed by atoms with van der Waals surface area (Å²) in [5, 5.41) is 2.37. The lowest BCUT2D eigenvalue weighted by atomic mass is 9.87. The average Bonchev–Trinajstić information content (AvgIpc) is 2.17. The molecule has 0 N–H and O–H groups in total. The van der Waals surface area contributed by atoms with E-state index in [1.807, 2.05) is 18.2 Å². The first kappa shape index (κ1) is 11.9. The third-order valence-corrected chi connectivity index (χ3v) is 2.30. The quantitative estimate of drug-likeness (QED) is 0.560. The van der Waals surface area contributed by atoms with E-state index in [-0.39, 0.29) is 5.41 Å². The van der Waals surface area contributed by atoms with E-state index in [1.165, 1.54) is 5.56 Å². The summed E-state index contributed by atoms with van der Waals surface area (Å²) in [6.45, 7) is 6.46. The first-order valence-corrected chi connectivity index (χ1v) is 5.16. The van der Waals surface area contributed by atoms with Gasteiger partial charge in [0.05, 0.1) is 12.3 Å². The van der Waals surface area contributed by atoms with Crippen LogP contribution in [0.3, 0.4) is 0 Å². The van der Waals surface area contributed by atoms with Gasteiger partial charge in [0.25, 0.3) is 0 Å². The molecule has 0 fully saturated rings. The molecule has 0 saturated carbocycles. The number of methoxy groups -OCH3 is 1. The standard InChI is InChI=1S/C12H15NOS/c1-12(2,3)9-5-6-11(14-4)10(7-9)13-8-15/h5-7H,1-4H3. The van der Waals surface area contributed by atoms with Crippen LogP contribution in [-0.2, 0) is 5.41 Å². The summed E-state index contributed by atoms with van der Waals surface area (Å²) in [7, 11) is 1.62. The number of nitrogens with zero attached hydrogens (tertiary/aromatic N) is 1. The molecule has 0 aliphatic rings. The van der Waals surface area contributed by atoms with Crippen molar-refractivity contribution in [1.82, 2.24) is 0 Å². The van der Waals surface area contributed by atoms with Crippen LogP contribution in [0.2, 0.25) is 0 Å².